The molecule has 0 amide bonds. The van der Waals surface area contributed by atoms with Crippen LogP contribution in [0.1, 0.15) is 59.8 Å². The molecule has 1 N–H and O–H groups in total. The van der Waals surface area contributed by atoms with Crippen LogP contribution in [-0.2, 0) is 4.79 Å². The van der Waals surface area contributed by atoms with Crippen LogP contribution < -0.4 is 0 Å². The molecule has 0 bridgehead atoms. The van der Waals surface area contributed by atoms with E-state index in [0.29, 0.717) is 6.42 Å². The lowest BCUT2D eigenvalue weighted by atomic mass is 10.1. The van der Waals surface area contributed by atoms with Crippen LogP contribution in [0.25, 0.3) is 0 Å². The van der Waals surface area contributed by atoms with E-state index in [1.54, 1.807) is 6.92 Å². The van der Waals surface area contributed by atoms with E-state index < -0.39 is 11.5 Å². The highest BCUT2D eigenvalue weighted by Gasteiger charge is 2.07. The zero-order valence-electron chi connectivity index (χ0n) is 13.3. The molecule has 6 heteroatoms. The van der Waals surface area contributed by atoms with Gasteiger partial charge < -0.3 is 5.11 Å². The van der Waals surface area contributed by atoms with Crippen LogP contribution in [0, 0.1) is 10.1 Å². The molecule has 0 aliphatic rings. The average molecular weight is 290 g/mol. The zero-order chi connectivity index (χ0) is 16.0. The van der Waals surface area contributed by atoms with Crippen molar-refractivity contribution in [3.8, 4) is 0 Å². The highest BCUT2D eigenvalue weighted by Crippen LogP contribution is 2.02. The number of hydrogen-bond donors (Lipinski definition) is 1. The van der Waals surface area contributed by atoms with E-state index in [2.05, 4.69) is 6.92 Å². The van der Waals surface area contributed by atoms with Gasteiger partial charge in [-0.05, 0) is 26.4 Å². The monoisotopic (exact) mass is 290 g/mol. The number of rotatable bonds is 10. The number of unbranched alkanes of at least 4 members (excludes halogenated alkanes) is 3. The SMILES string of the molecule is CCCCCCC(=O)C[N+](=O)[O-].CCN(CC)C(C)O. The number of nitrogens with zero attached hydrogens (tertiary/aromatic N) is 2. The number of aliphatic hydroxyl groups excluding tert-OH is 1. The van der Waals surface area contributed by atoms with E-state index in [-0.39, 0.29) is 12.0 Å². The summed E-state index contributed by atoms with van der Waals surface area (Å²) in [6.07, 6.45) is 4.08. The van der Waals surface area contributed by atoms with E-state index >= 15 is 0 Å². The van der Waals surface area contributed by atoms with E-state index in [0.717, 1.165) is 38.8 Å². The quantitative estimate of drug-likeness (QED) is 0.289. The second-order valence-electron chi connectivity index (χ2n) is 4.69. The smallest absolute Gasteiger partial charge is 0.261 e. The van der Waals surface area contributed by atoms with Gasteiger partial charge in [-0.1, -0.05) is 40.0 Å². The molecule has 6 nitrogen and oxygen atoms in total. The van der Waals surface area contributed by atoms with Gasteiger partial charge in [0.05, 0.1) is 0 Å². The van der Waals surface area contributed by atoms with Crippen molar-refractivity contribution in [3.63, 3.8) is 0 Å². The summed E-state index contributed by atoms with van der Waals surface area (Å²) in [5.74, 6) is -0.254. The van der Waals surface area contributed by atoms with Gasteiger partial charge in [-0.25, -0.2) is 0 Å². The van der Waals surface area contributed by atoms with Crippen molar-refractivity contribution >= 4 is 5.78 Å². The summed E-state index contributed by atoms with van der Waals surface area (Å²) in [5.41, 5.74) is 0. The van der Waals surface area contributed by atoms with Crippen LogP contribution in [0.15, 0.2) is 0 Å². The molecule has 0 aliphatic heterocycles. The number of nitro groups is 1. The lowest BCUT2D eigenvalue weighted by Crippen LogP contribution is -2.32. The summed E-state index contributed by atoms with van der Waals surface area (Å²) >= 11 is 0. The normalized spacial score (nSPS) is 11.7. The first-order chi connectivity index (χ1) is 9.38. The largest absolute Gasteiger partial charge is 0.379 e. The molecule has 0 radical (unpaired) electrons. The Morgan fingerprint density at radius 2 is 1.75 bits per heavy atom. The van der Waals surface area contributed by atoms with E-state index in [1.165, 1.54) is 0 Å². The number of aliphatic hydroxyl groups is 1. The van der Waals surface area contributed by atoms with Crippen molar-refractivity contribution < 1.29 is 14.8 Å². The fourth-order valence-corrected chi connectivity index (χ4v) is 1.72. The molecule has 0 aromatic carbocycles. The fourth-order valence-electron chi connectivity index (χ4n) is 1.72. The highest BCUT2D eigenvalue weighted by molar-refractivity contribution is 5.79. The van der Waals surface area contributed by atoms with Crippen LogP contribution in [0.3, 0.4) is 0 Å². The Morgan fingerprint density at radius 3 is 2.05 bits per heavy atom. The average Bonchev–Trinajstić information content (AvgIpc) is 2.35. The van der Waals surface area contributed by atoms with Gasteiger partial charge in [0.25, 0.3) is 6.54 Å². The van der Waals surface area contributed by atoms with E-state index in [1.807, 2.05) is 18.7 Å². The number of carbonyl (C=O) groups excluding carboxylic acids is 1. The predicted molar refractivity (Wildman–Crippen MR) is 80.2 cm³/mol. The molecule has 0 saturated carbocycles. The highest BCUT2D eigenvalue weighted by atomic mass is 16.6. The predicted octanol–water partition coefficient (Wildman–Crippen LogP) is 2.47. The van der Waals surface area contributed by atoms with Crippen LogP contribution in [0.4, 0.5) is 0 Å². The summed E-state index contributed by atoms with van der Waals surface area (Å²) < 4.78 is 0. The third-order valence-corrected chi connectivity index (χ3v) is 2.96. The van der Waals surface area contributed by atoms with E-state index in [9.17, 15) is 14.9 Å². The molecular weight excluding hydrogens is 260 g/mol. The van der Waals surface area contributed by atoms with Gasteiger partial charge in [-0.15, -0.1) is 0 Å². The Morgan fingerprint density at radius 1 is 1.20 bits per heavy atom. The molecule has 1 unspecified atom stereocenters. The summed E-state index contributed by atoms with van der Waals surface area (Å²) in [6.45, 7) is 9.28. The molecule has 0 aliphatic carbocycles. The Bertz CT molecular complexity index is 254. The van der Waals surface area contributed by atoms with Crippen LogP contribution in [0.2, 0.25) is 0 Å². The van der Waals surface area contributed by atoms with Crippen molar-refractivity contribution in [2.45, 2.75) is 66.0 Å². The molecule has 0 rings (SSSR count). The van der Waals surface area contributed by atoms with Gasteiger partial charge in [0.15, 0.2) is 0 Å². The Kier molecular flexibility index (Phi) is 15.3. The Labute approximate surface area is 122 Å². The second kappa shape index (κ2) is 14.4. The maximum Gasteiger partial charge on any atom is 0.261 e. The topological polar surface area (TPSA) is 83.7 Å². The third-order valence-electron chi connectivity index (χ3n) is 2.96. The standard InChI is InChI=1S/C8H15NO3.C6H15NO/c1-2-3-4-5-6-8(10)7-9(11)12;1-4-7(5-2)6(3)8/h2-7H2,1H3;6,8H,4-5H2,1-3H3. The van der Waals surface area contributed by atoms with Gasteiger partial charge in [0, 0.05) is 11.3 Å². The van der Waals surface area contributed by atoms with Crippen molar-refractivity contribution in [1.82, 2.24) is 4.90 Å². The van der Waals surface area contributed by atoms with Crippen LogP contribution in [0.5, 0.6) is 0 Å². The molecule has 0 aromatic rings. The van der Waals surface area contributed by atoms with Gasteiger partial charge in [-0.2, -0.15) is 0 Å². The van der Waals surface area contributed by atoms with Crippen molar-refractivity contribution in [1.29, 1.82) is 0 Å². The van der Waals surface area contributed by atoms with E-state index in [4.69, 9.17) is 5.11 Å². The molecule has 0 saturated heterocycles. The Hall–Kier alpha value is -1.01. The van der Waals surface area contributed by atoms with Gasteiger partial charge in [0.2, 0.25) is 5.78 Å². The molecule has 0 aromatic heterocycles. The molecule has 120 valence electrons. The van der Waals surface area contributed by atoms with Gasteiger partial charge in [0.1, 0.15) is 6.23 Å². The number of ketones is 1. The summed E-state index contributed by atoms with van der Waals surface area (Å²) in [7, 11) is 0. The molecule has 20 heavy (non-hydrogen) atoms. The Balaban J connectivity index is 0. The molecule has 0 spiro atoms. The molecular formula is C14H30N2O4. The lowest BCUT2D eigenvalue weighted by molar-refractivity contribution is -0.467. The maximum absolute atomic E-state index is 10.8. The summed E-state index contributed by atoms with van der Waals surface area (Å²) in [4.78, 5) is 22.1. The summed E-state index contributed by atoms with van der Waals surface area (Å²) in [6, 6.07) is 0. The van der Waals surface area contributed by atoms with Crippen molar-refractivity contribution in [2.24, 2.45) is 0 Å². The fraction of sp³-hybridized carbons (Fsp3) is 0.929. The number of hydrogen-bond acceptors (Lipinski definition) is 5. The second-order valence-corrected chi connectivity index (χ2v) is 4.69. The third kappa shape index (κ3) is 15.0. The van der Waals surface area contributed by atoms with Crippen LogP contribution >= 0.6 is 0 Å². The lowest BCUT2D eigenvalue weighted by Gasteiger charge is -2.20. The summed E-state index contributed by atoms with van der Waals surface area (Å²) in [5, 5.41) is 18.8. The van der Waals surface area contributed by atoms with Gasteiger partial charge >= 0.3 is 0 Å². The first kappa shape index (κ1) is 21.3. The number of carbonyl (C=O) groups is 1. The minimum Gasteiger partial charge on any atom is -0.379 e. The maximum atomic E-state index is 10.8. The van der Waals surface area contributed by atoms with Crippen molar-refractivity contribution in [2.75, 3.05) is 19.6 Å². The zero-order valence-corrected chi connectivity index (χ0v) is 13.3. The van der Waals surface area contributed by atoms with Crippen LogP contribution in [-0.4, -0.2) is 46.6 Å². The first-order valence-electron chi connectivity index (χ1n) is 7.44. The molecule has 0 fully saturated rings. The number of Topliss-reactive ketones (excluding diaryl/α,β-unsaturated/α-hetero) is 1. The first-order valence-corrected chi connectivity index (χ1v) is 7.44. The minimum atomic E-state index is -0.567. The molecule has 0 heterocycles. The van der Waals surface area contributed by atoms with Crippen molar-refractivity contribution in [3.05, 3.63) is 10.1 Å². The van der Waals surface area contributed by atoms with Gasteiger partial charge in [-0.3, -0.25) is 19.8 Å². The molecule has 1 atom stereocenters. The minimum absolute atomic E-state index is 0.254.